The van der Waals surface area contributed by atoms with Crippen LogP contribution >= 0.6 is 11.6 Å². The van der Waals surface area contributed by atoms with Crippen molar-refractivity contribution in [3.05, 3.63) is 108 Å². The highest BCUT2D eigenvalue weighted by Crippen LogP contribution is 2.23. The number of nitrogens with one attached hydrogen (secondary N) is 2. The van der Waals surface area contributed by atoms with Crippen LogP contribution in [0, 0.1) is 0 Å². The molecule has 0 fully saturated rings. The normalized spacial score (nSPS) is 11.2. The van der Waals surface area contributed by atoms with E-state index in [4.69, 9.17) is 11.6 Å². The molecular weight excluding hydrogens is 448 g/mol. The van der Waals surface area contributed by atoms with Gasteiger partial charge in [0, 0.05) is 24.6 Å². The fourth-order valence-electron chi connectivity index (χ4n) is 3.16. The second-order valence-electron chi connectivity index (χ2n) is 6.89. The van der Waals surface area contributed by atoms with Crippen molar-refractivity contribution in [2.24, 2.45) is 0 Å². The first-order chi connectivity index (χ1) is 15.4. The number of nitrogens with zero attached hydrogens (tertiary/aromatic N) is 2. The molecular formula is C23H19ClN4O3S. The fraction of sp³-hybridized carbons (Fsp3) is 0.0435. The molecule has 162 valence electrons. The average molecular weight is 467 g/mol. The zero-order valence-corrected chi connectivity index (χ0v) is 18.3. The Labute approximate surface area is 190 Å². The number of sulfonamides is 1. The number of aromatic nitrogens is 2. The van der Waals surface area contributed by atoms with E-state index in [2.05, 4.69) is 15.0 Å². The molecule has 2 N–H and O–H groups in total. The van der Waals surface area contributed by atoms with Crippen LogP contribution in [0.5, 0.6) is 0 Å². The quantitative estimate of drug-likeness (QED) is 0.425. The second kappa shape index (κ2) is 9.25. The van der Waals surface area contributed by atoms with E-state index < -0.39 is 15.9 Å². The predicted molar refractivity (Wildman–Crippen MR) is 123 cm³/mol. The molecule has 4 aromatic rings. The van der Waals surface area contributed by atoms with Crippen molar-refractivity contribution in [3.8, 4) is 5.69 Å². The lowest BCUT2D eigenvalue weighted by atomic mass is 10.1. The molecule has 0 saturated heterocycles. The molecule has 3 aromatic carbocycles. The Bertz CT molecular complexity index is 1340. The van der Waals surface area contributed by atoms with Gasteiger partial charge in [0.15, 0.2) is 0 Å². The number of halogens is 1. The highest BCUT2D eigenvalue weighted by Gasteiger charge is 2.17. The summed E-state index contributed by atoms with van der Waals surface area (Å²) >= 11 is 6.22. The fourth-order valence-corrected chi connectivity index (χ4v) is 4.43. The van der Waals surface area contributed by atoms with Gasteiger partial charge in [-0.15, -0.1) is 0 Å². The van der Waals surface area contributed by atoms with Crippen molar-refractivity contribution in [1.82, 2.24) is 14.9 Å². The smallest absolute Gasteiger partial charge is 0.261 e. The zero-order valence-electron chi connectivity index (χ0n) is 16.8. The molecule has 0 aliphatic carbocycles. The number of anilines is 1. The molecule has 0 bridgehead atoms. The highest BCUT2D eigenvalue weighted by molar-refractivity contribution is 7.92. The Morgan fingerprint density at radius 1 is 1.00 bits per heavy atom. The Balaban J connectivity index is 1.52. The number of rotatable bonds is 7. The molecule has 7 nitrogen and oxygen atoms in total. The van der Waals surface area contributed by atoms with Gasteiger partial charge >= 0.3 is 0 Å². The third-order valence-electron chi connectivity index (χ3n) is 4.73. The first-order valence-corrected chi connectivity index (χ1v) is 11.5. The Morgan fingerprint density at radius 2 is 1.75 bits per heavy atom. The number of carbonyl (C=O) groups excluding carboxylic acids is 1. The number of carbonyl (C=O) groups is 1. The van der Waals surface area contributed by atoms with Gasteiger partial charge in [-0.25, -0.2) is 13.4 Å². The molecule has 0 aliphatic heterocycles. The second-order valence-corrected chi connectivity index (χ2v) is 8.98. The maximum atomic E-state index is 12.8. The molecule has 0 saturated carbocycles. The standard InChI is InChI=1S/C23H19ClN4O3S/c24-21-11-10-18(27-32(30,31)19-7-2-1-3-8-19)14-20(21)23(29)26-15-17-6-4-5-9-22(17)28-13-12-25-16-28/h1-14,16,27H,15H2,(H,26,29). The average Bonchev–Trinajstić information content (AvgIpc) is 3.34. The highest BCUT2D eigenvalue weighted by atomic mass is 35.5. The van der Waals surface area contributed by atoms with Crippen LogP contribution in [0.15, 0.2) is 96.4 Å². The topological polar surface area (TPSA) is 93.1 Å². The lowest BCUT2D eigenvalue weighted by molar-refractivity contribution is 0.0951. The van der Waals surface area contributed by atoms with Crippen LogP contribution in [-0.4, -0.2) is 23.9 Å². The van der Waals surface area contributed by atoms with Gasteiger partial charge in [-0.2, -0.15) is 0 Å². The van der Waals surface area contributed by atoms with Gasteiger partial charge in [-0.05, 0) is 42.0 Å². The summed E-state index contributed by atoms with van der Waals surface area (Å²) in [7, 11) is -3.79. The van der Waals surface area contributed by atoms with E-state index in [0.717, 1.165) is 11.3 Å². The maximum Gasteiger partial charge on any atom is 0.261 e. The Kier molecular flexibility index (Phi) is 6.25. The molecule has 1 amide bonds. The van der Waals surface area contributed by atoms with Crippen LogP contribution in [0.3, 0.4) is 0 Å². The van der Waals surface area contributed by atoms with Crippen LogP contribution in [-0.2, 0) is 16.6 Å². The number of para-hydroxylation sites is 1. The first-order valence-electron chi connectivity index (χ1n) is 9.66. The lowest BCUT2D eigenvalue weighted by Gasteiger charge is -2.13. The van der Waals surface area contributed by atoms with E-state index in [1.165, 1.54) is 30.3 Å². The SMILES string of the molecule is O=C(NCc1ccccc1-n1ccnc1)c1cc(NS(=O)(=O)c2ccccc2)ccc1Cl. The molecule has 1 heterocycles. The van der Waals surface area contributed by atoms with Crippen molar-refractivity contribution in [1.29, 1.82) is 0 Å². The van der Waals surface area contributed by atoms with Gasteiger partial charge < -0.3 is 9.88 Å². The summed E-state index contributed by atoms with van der Waals surface area (Å²) in [6, 6.07) is 20.0. The third-order valence-corrected chi connectivity index (χ3v) is 6.46. The van der Waals surface area contributed by atoms with Gasteiger partial charge in [-0.1, -0.05) is 48.0 Å². The van der Waals surface area contributed by atoms with E-state index in [0.29, 0.717) is 0 Å². The summed E-state index contributed by atoms with van der Waals surface area (Å²) in [5, 5.41) is 3.06. The van der Waals surface area contributed by atoms with Crippen molar-refractivity contribution in [2.45, 2.75) is 11.4 Å². The molecule has 0 unspecified atom stereocenters. The van der Waals surface area contributed by atoms with Crippen molar-refractivity contribution < 1.29 is 13.2 Å². The molecule has 32 heavy (non-hydrogen) atoms. The minimum Gasteiger partial charge on any atom is -0.348 e. The van der Waals surface area contributed by atoms with E-state index in [9.17, 15) is 13.2 Å². The molecule has 0 atom stereocenters. The van der Waals surface area contributed by atoms with E-state index >= 15 is 0 Å². The summed E-state index contributed by atoms with van der Waals surface area (Å²) in [6.45, 7) is 0.253. The molecule has 0 aliphatic rings. The van der Waals surface area contributed by atoms with Crippen molar-refractivity contribution in [3.63, 3.8) is 0 Å². The predicted octanol–water partition coefficient (Wildman–Crippen LogP) is 4.26. The minimum absolute atomic E-state index is 0.122. The number of hydrogen-bond donors (Lipinski definition) is 2. The van der Waals surface area contributed by atoms with E-state index in [1.807, 2.05) is 35.0 Å². The van der Waals surface area contributed by atoms with Gasteiger partial charge in [0.05, 0.1) is 27.5 Å². The largest absolute Gasteiger partial charge is 0.348 e. The zero-order chi connectivity index (χ0) is 22.6. The third kappa shape index (κ3) is 4.82. The van der Waals surface area contributed by atoms with Gasteiger partial charge in [0.25, 0.3) is 15.9 Å². The number of benzene rings is 3. The Hall–Kier alpha value is -3.62. The number of amides is 1. The van der Waals surface area contributed by atoms with Crippen molar-refractivity contribution >= 4 is 33.2 Å². The Morgan fingerprint density at radius 3 is 2.50 bits per heavy atom. The molecule has 0 spiro atoms. The van der Waals surface area contributed by atoms with Gasteiger partial charge in [0.1, 0.15) is 0 Å². The summed E-state index contributed by atoms with van der Waals surface area (Å²) in [6.07, 6.45) is 5.18. The molecule has 0 radical (unpaired) electrons. The van der Waals surface area contributed by atoms with Crippen LogP contribution < -0.4 is 10.0 Å². The van der Waals surface area contributed by atoms with Crippen molar-refractivity contribution in [2.75, 3.05) is 4.72 Å². The number of hydrogen-bond acceptors (Lipinski definition) is 4. The summed E-state index contributed by atoms with van der Waals surface area (Å²) in [5.74, 6) is -0.420. The summed E-state index contributed by atoms with van der Waals surface area (Å²) in [5.41, 5.74) is 2.18. The van der Waals surface area contributed by atoms with Gasteiger partial charge in [-0.3, -0.25) is 9.52 Å². The van der Waals surface area contributed by atoms with E-state index in [-0.39, 0.29) is 27.7 Å². The van der Waals surface area contributed by atoms with Crippen LogP contribution in [0.1, 0.15) is 15.9 Å². The molecule has 9 heteroatoms. The van der Waals surface area contributed by atoms with Crippen LogP contribution in [0.4, 0.5) is 5.69 Å². The van der Waals surface area contributed by atoms with Gasteiger partial charge in [0.2, 0.25) is 0 Å². The van der Waals surface area contributed by atoms with E-state index in [1.54, 1.807) is 30.7 Å². The lowest BCUT2D eigenvalue weighted by Crippen LogP contribution is -2.24. The van der Waals surface area contributed by atoms with Crippen LogP contribution in [0.25, 0.3) is 5.69 Å². The molecule has 4 rings (SSSR count). The minimum atomic E-state index is -3.79. The monoisotopic (exact) mass is 466 g/mol. The van der Waals surface area contributed by atoms with Crippen LogP contribution in [0.2, 0.25) is 5.02 Å². The summed E-state index contributed by atoms with van der Waals surface area (Å²) in [4.78, 5) is 17.0. The first kappa shape index (κ1) is 21.6. The molecule has 1 aromatic heterocycles. The maximum absolute atomic E-state index is 12.8. The summed E-state index contributed by atoms with van der Waals surface area (Å²) < 4.78 is 29.5. The number of imidazole rings is 1.